The Morgan fingerprint density at radius 2 is 2.15 bits per heavy atom. The van der Waals surface area contributed by atoms with E-state index in [2.05, 4.69) is 23.0 Å². The Morgan fingerprint density at radius 3 is 2.85 bits per heavy atom. The number of nitrogens with one attached hydrogen (secondary N) is 1. The fraction of sp³-hybridized carbons (Fsp3) is 0.333. The Labute approximate surface area is 122 Å². The lowest BCUT2D eigenvalue weighted by Crippen LogP contribution is -2.31. The summed E-state index contributed by atoms with van der Waals surface area (Å²) in [7, 11) is 0. The summed E-state index contributed by atoms with van der Waals surface area (Å²) in [6.07, 6.45) is -0.673. The van der Waals surface area contributed by atoms with Crippen LogP contribution in [-0.4, -0.2) is 24.4 Å². The maximum atomic E-state index is 13.3. The summed E-state index contributed by atoms with van der Waals surface area (Å²) in [5.41, 5.74) is 2.48. The standard InChI is InChI=1S/C15H18FNO2S/c1-11-9-20-10-12(11)6-17-7-13(18)8-19-15-5-3-2-4-14(15)16/h2-5,9-10,13,17-18H,6-8H2,1H3. The number of aliphatic hydroxyl groups is 1. The van der Waals surface area contributed by atoms with Crippen LogP contribution in [0.5, 0.6) is 5.75 Å². The second kappa shape index (κ2) is 7.38. The van der Waals surface area contributed by atoms with Crippen molar-refractivity contribution in [1.29, 1.82) is 0 Å². The average Bonchev–Trinajstić information content (AvgIpc) is 2.84. The summed E-state index contributed by atoms with van der Waals surface area (Å²) < 4.78 is 18.5. The van der Waals surface area contributed by atoms with Crippen LogP contribution in [0.25, 0.3) is 0 Å². The molecule has 0 saturated heterocycles. The highest BCUT2D eigenvalue weighted by atomic mass is 32.1. The minimum atomic E-state index is -0.673. The van der Waals surface area contributed by atoms with Crippen LogP contribution in [0.4, 0.5) is 4.39 Å². The zero-order valence-electron chi connectivity index (χ0n) is 11.3. The number of ether oxygens (including phenoxy) is 1. The third-order valence-corrected chi connectivity index (χ3v) is 3.84. The molecule has 108 valence electrons. The molecular weight excluding hydrogens is 277 g/mol. The predicted molar refractivity (Wildman–Crippen MR) is 78.7 cm³/mol. The highest BCUT2D eigenvalue weighted by molar-refractivity contribution is 7.08. The molecule has 0 bridgehead atoms. The number of thiophene rings is 1. The molecule has 0 saturated carbocycles. The minimum absolute atomic E-state index is 0.0660. The molecule has 1 aromatic carbocycles. The molecule has 0 spiro atoms. The van der Waals surface area contributed by atoms with E-state index >= 15 is 0 Å². The summed E-state index contributed by atoms with van der Waals surface area (Å²) >= 11 is 1.67. The highest BCUT2D eigenvalue weighted by Crippen LogP contribution is 2.15. The Kier molecular flexibility index (Phi) is 5.52. The van der Waals surface area contributed by atoms with Crippen LogP contribution in [-0.2, 0) is 6.54 Å². The molecular formula is C15H18FNO2S. The summed E-state index contributed by atoms with van der Waals surface area (Å²) in [6, 6.07) is 6.18. The SMILES string of the molecule is Cc1cscc1CNCC(O)COc1ccccc1F. The maximum absolute atomic E-state index is 13.3. The van der Waals surface area contributed by atoms with Gasteiger partial charge in [0.25, 0.3) is 0 Å². The van der Waals surface area contributed by atoms with Crippen molar-refractivity contribution < 1.29 is 14.2 Å². The Hall–Kier alpha value is -1.43. The van der Waals surface area contributed by atoms with Crippen molar-refractivity contribution in [1.82, 2.24) is 5.32 Å². The summed E-state index contributed by atoms with van der Waals surface area (Å²) in [5.74, 6) is -0.248. The van der Waals surface area contributed by atoms with Crippen molar-refractivity contribution in [2.45, 2.75) is 19.6 Å². The van der Waals surface area contributed by atoms with Crippen LogP contribution < -0.4 is 10.1 Å². The first-order valence-corrected chi connectivity index (χ1v) is 7.39. The first-order valence-electron chi connectivity index (χ1n) is 6.44. The lowest BCUT2D eigenvalue weighted by Gasteiger charge is -2.13. The number of aryl methyl sites for hydroxylation is 1. The molecule has 2 rings (SSSR count). The monoisotopic (exact) mass is 295 g/mol. The number of para-hydroxylation sites is 1. The first-order chi connectivity index (χ1) is 9.66. The Balaban J connectivity index is 1.69. The van der Waals surface area contributed by atoms with Gasteiger partial charge in [-0.1, -0.05) is 12.1 Å². The van der Waals surface area contributed by atoms with Gasteiger partial charge in [0, 0.05) is 13.1 Å². The van der Waals surface area contributed by atoms with Crippen LogP contribution in [0.2, 0.25) is 0 Å². The van der Waals surface area contributed by atoms with E-state index in [4.69, 9.17) is 4.74 Å². The third-order valence-electron chi connectivity index (χ3n) is 2.92. The van der Waals surface area contributed by atoms with Crippen LogP contribution in [0.1, 0.15) is 11.1 Å². The van der Waals surface area contributed by atoms with Gasteiger partial charge in [-0.25, -0.2) is 4.39 Å². The first kappa shape index (κ1) is 15.0. The number of aliphatic hydroxyl groups excluding tert-OH is 1. The van der Waals surface area contributed by atoms with Crippen molar-refractivity contribution in [3.05, 3.63) is 52.0 Å². The topological polar surface area (TPSA) is 41.5 Å². The largest absolute Gasteiger partial charge is 0.488 e. The van der Waals surface area contributed by atoms with E-state index in [1.807, 2.05) is 0 Å². The summed E-state index contributed by atoms with van der Waals surface area (Å²) in [5, 5.41) is 17.1. The van der Waals surface area contributed by atoms with E-state index in [0.29, 0.717) is 13.1 Å². The van der Waals surface area contributed by atoms with E-state index in [-0.39, 0.29) is 12.4 Å². The van der Waals surface area contributed by atoms with Gasteiger partial charge in [-0.2, -0.15) is 11.3 Å². The molecule has 5 heteroatoms. The molecule has 0 radical (unpaired) electrons. The summed E-state index contributed by atoms with van der Waals surface area (Å²) in [6.45, 7) is 3.25. The van der Waals surface area contributed by atoms with Crippen molar-refractivity contribution in [3.8, 4) is 5.75 Å². The van der Waals surface area contributed by atoms with Crippen LogP contribution in [0.15, 0.2) is 35.0 Å². The molecule has 1 atom stereocenters. The third kappa shape index (κ3) is 4.30. The smallest absolute Gasteiger partial charge is 0.165 e. The van der Waals surface area contributed by atoms with E-state index in [0.717, 1.165) is 0 Å². The number of halogens is 1. The molecule has 2 N–H and O–H groups in total. The molecule has 1 heterocycles. The molecule has 0 aliphatic heterocycles. The van der Waals surface area contributed by atoms with Gasteiger partial charge in [0.05, 0.1) is 0 Å². The number of rotatable bonds is 7. The predicted octanol–water partition coefficient (Wildman–Crippen LogP) is 2.73. The molecule has 1 unspecified atom stereocenters. The van der Waals surface area contributed by atoms with Crippen LogP contribution in [0.3, 0.4) is 0 Å². The molecule has 0 amide bonds. The number of benzene rings is 1. The second-order valence-corrected chi connectivity index (χ2v) is 5.35. The van der Waals surface area contributed by atoms with Gasteiger partial charge in [-0.05, 0) is 40.9 Å². The van der Waals surface area contributed by atoms with Crippen molar-refractivity contribution in [2.75, 3.05) is 13.2 Å². The Bertz CT molecular complexity index is 544. The zero-order chi connectivity index (χ0) is 14.4. The average molecular weight is 295 g/mol. The van der Waals surface area contributed by atoms with Gasteiger partial charge in [0.1, 0.15) is 12.7 Å². The fourth-order valence-electron chi connectivity index (χ4n) is 1.75. The summed E-state index contributed by atoms with van der Waals surface area (Å²) in [4.78, 5) is 0. The van der Waals surface area contributed by atoms with Gasteiger partial charge in [0.15, 0.2) is 11.6 Å². The van der Waals surface area contributed by atoms with Gasteiger partial charge in [0.2, 0.25) is 0 Å². The van der Waals surface area contributed by atoms with E-state index in [1.165, 1.54) is 17.2 Å². The molecule has 0 fully saturated rings. The normalized spacial score (nSPS) is 12.3. The van der Waals surface area contributed by atoms with Gasteiger partial charge in [-0.15, -0.1) is 0 Å². The number of hydrogen-bond donors (Lipinski definition) is 2. The van der Waals surface area contributed by atoms with Crippen LogP contribution >= 0.6 is 11.3 Å². The van der Waals surface area contributed by atoms with Crippen molar-refractivity contribution >= 4 is 11.3 Å². The van der Waals surface area contributed by atoms with E-state index in [1.54, 1.807) is 29.5 Å². The second-order valence-electron chi connectivity index (χ2n) is 4.61. The van der Waals surface area contributed by atoms with Crippen molar-refractivity contribution in [2.24, 2.45) is 0 Å². The lowest BCUT2D eigenvalue weighted by atomic mass is 10.2. The molecule has 1 aromatic heterocycles. The molecule has 2 aromatic rings. The maximum Gasteiger partial charge on any atom is 0.165 e. The van der Waals surface area contributed by atoms with Gasteiger partial charge >= 0.3 is 0 Å². The zero-order valence-corrected chi connectivity index (χ0v) is 12.1. The molecule has 0 aliphatic rings. The molecule has 3 nitrogen and oxygen atoms in total. The van der Waals surface area contributed by atoms with Crippen molar-refractivity contribution in [3.63, 3.8) is 0 Å². The van der Waals surface area contributed by atoms with Crippen LogP contribution in [0, 0.1) is 12.7 Å². The minimum Gasteiger partial charge on any atom is -0.488 e. The molecule has 20 heavy (non-hydrogen) atoms. The van der Waals surface area contributed by atoms with Gasteiger partial charge in [-0.3, -0.25) is 0 Å². The highest BCUT2D eigenvalue weighted by Gasteiger charge is 2.08. The number of hydrogen-bond acceptors (Lipinski definition) is 4. The Morgan fingerprint density at radius 1 is 1.35 bits per heavy atom. The fourth-order valence-corrected chi connectivity index (χ4v) is 2.61. The molecule has 0 aliphatic carbocycles. The van der Waals surface area contributed by atoms with Gasteiger partial charge < -0.3 is 15.2 Å². The quantitative estimate of drug-likeness (QED) is 0.825. The van der Waals surface area contributed by atoms with E-state index < -0.39 is 11.9 Å². The lowest BCUT2D eigenvalue weighted by molar-refractivity contribution is 0.104. The van der Waals surface area contributed by atoms with E-state index in [9.17, 15) is 9.50 Å².